The third-order valence-electron chi connectivity index (χ3n) is 2.61. The van der Waals surface area contributed by atoms with Gasteiger partial charge in [-0.05, 0) is 31.4 Å². The van der Waals surface area contributed by atoms with Crippen LogP contribution in [0.4, 0.5) is 0 Å². The predicted molar refractivity (Wildman–Crippen MR) is 52.0 cm³/mol. The molecule has 0 aromatic heterocycles. The number of rotatable bonds is 0. The highest BCUT2D eigenvalue weighted by molar-refractivity contribution is 5.50. The average Bonchev–Trinajstić information content (AvgIpc) is 2.04. The van der Waals surface area contributed by atoms with Crippen molar-refractivity contribution in [3.8, 4) is 0 Å². The Bertz CT molecular complexity index is 279. The summed E-state index contributed by atoms with van der Waals surface area (Å²) in [5.41, 5.74) is 3.02. The van der Waals surface area contributed by atoms with Crippen molar-refractivity contribution in [1.82, 2.24) is 5.32 Å². The summed E-state index contributed by atoms with van der Waals surface area (Å²) in [6.45, 7) is 5.47. The van der Waals surface area contributed by atoms with Crippen molar-refractivity contribution in [2.45, 2.75) is 25.8 Å². The van der Waals surface area contributed by atoms with E-state index in [1.165, 1.54) is 11.1 Å². The second kappa shape index (κ2) is 2.60. The van der Waals surface area contributed by atoms with E-state index in [4.69, 9.17) is 0 Å². The smallest absolute Gasteiger partial charge is 0.0382 e. The molecule has 1 heteroatoms. The van der Waals surface area contributed by atoms with Crippen LogP contribution in [0.25, 0.3) is 0 Å². The van der Waals surface area contributed by atoms with Gasteiger partial charge in [-0.2, -0.15) is 0 Å². The fourth-order valence-corrected chi connectivity index (χ4v) is 1.89. The van der Waals surface area contributed by atoms with Gasteiger partial charge in [0.05, 0.1) is 0 Å². The van der Waals surface area contributed by atoms with Gasteiger partial charge in [0.25, 0.3) is 0 Å². The molecule has 0 saturated carbocycles. The number of hydrogen-bond donors (Lipinski definition) is 1. The molecule has 0 aromatic carbocycles. The number of hydrogen-bond acceptors (Lipinski definition) is 1. The van der Waals surface area contributed by atoms with E-state index in [-0.39, 0.29) is 5.54 Å². The van der Waals surface area contributed by atoms with Crippen LogP contribution in [0.15, 0.2) is 35.5 Å². The summed E-state index contributed by atoms with van der Waals surface area (Å²) in [4.78, 5) is 0. The van der Waals surface area contributed by atoms with Crippen LogP contribution in [0, 0.1) is 0 Å². The van der Waals surface area contributed by atoms with Crippen molar-refractivity contribution in [1.29, 1.82) is 0 Å². The summed E-state index contributed by atoms with van der Waals surface area (Å²) in [5.74, 6) is 0. The topological polar surface area (TPSA) is 12.0 Å². The second-order valence-electron chi connectivity index (χ2n) is 3.92. The fraction of sp³-hybridized carbons (Fsp3) is 0.455. The van der Waals surface area contributed by atoms with Crippen molar-refractivity contribution in [2.24, 2.45) is 0 Å². The molecule has 0 radical (unpaired) electrons. The Kier molecular flexibility index (Phi) is 1.69. The zero-order valence-corrected chi connectivity index (χ0v) is 7.72. The third-order valence-corrected chi connectivity index (χ3v) is 2.61. The largest absolute Gasteiger partial charge is 0.304 e. The van der Waals surface area contributed by atoms with Crippen LogP contribution < -0.4 is 5.32 Å². The quantitative estimate of drug-likeness (QED) is 0.574. The summed E-state index contributed by atoms with van der Waals surface area (Å²) >= 11 is 0. The Labute approximate surface area is 73.9 Å². The Morgan fingerprint density at radius 1 is 1.33 bits per heavy atom. The first-order valence-electron chi connectivity index (χ1n) is 4.53. The van der Waals surface area contributed by atoms with Gasteiger partial charge in [-0.15, -0.1) is 0 Å². The Balaban J connectivity index is 2.41. The van der Waals surface area contributed by atoms with E-state index in [9.17, 15) is 0 Å². The maximum absolute atomic E-state index is 3.48. The SMILES string of the molecule is CC1(C)NCC=C2C=CCC=C21. The Morgan fingerprint density at radius 3 is 2.92 bits per heavy atom. The predicted octanol–water partition coefficient (Wildman–Crippen LogP) is 2.18. The summed E-state index contributed by atoms with van der Waals surface area (Å²) in [6.07, 6.45) is 10.1. The molecule has 0 fully saturated rings. The molecule has 2 rings (SSSR count). The van der Waals surface area contributed by atoms with Gasteiger partial charge in [-0.1, -0.05) is 24.3 Å². The molecular formula is C11H15N. The van der Waals surface area contributed by atoms with E-state index in [1.54, 1.807) is 0 Å². The highest BCUT2D eigenvalue weighted by Crippen LogP contribution is 2.30. The minimum absolute atomic E-state index is 0.162. The zero-order valence-electron chi connectivity index (χ0n) is 7.72. The third kappa shape index (κ3) is 1.14. The van der Waals surface area contributed by atoms with Gasteiger partial charge >= 0.3 is 0 Å². The number of allylic oxidation sites excluding steroid dienone is 3. The van der Waals surface area contributed by atoms with E-state index >= 15 is 0 Å². The molecule has 1 nitrogen and oxygen atoms in total. The summed E-state index contributed by atoms with van der Waals surface area (Å²) < 4.78 is 0. The fourth-order valence-electron chi connectivity index (χ4n) is 1.89. The maximum Gasteiger partial charge on any atom is 0.0382 e. The molecule has 0 aromatic rings. The van der Waals surface area contributed by atoms with Crippen molar-refractivity contribution in [3.05, 3.63) is 35.5 Å². The summed E-state index contributed by atoms with van der Waals surface area (Å²) in [6, 6.07) is 0. The van der Waals surface area contributed by atoms with Gasteiger partial charge in [0.15, 0.2) is 0 Å². The van der Waals surface area contributed by atoms with Crippen LogP contribution in [0.3, 0.4) is 0 Å². The molecule has 0 bridgehead atoms. The van der Waals surface area contributed by atoms with Gasteiger partial charge in [-0.25, -0.2) is 0 Å². The van der Waals surface area contributed by atoms with Crippen molar-refractivity contribution in [2.75, 3.05) is 6.54 Å². The van der Waals surface area contributed by atoms with Crippen LogP contribution >= 0.6 is 0 Å². The first kappa shape index (κ1) is 7.81. The average molecular weight is 161 g/mol. The molecule has 0 amide bonds. The van der Waals surface area contributed by atoms with E-state index in [0.29, 0.717) is 0 Å². The van der Waals surface area contributed by atoms with Gasteiger partial charge in [-0.3, -0.25) is 0 Å². The molecule has 2 aliphatic rings. The van der Waals surface area contributed by atoms with E-state index in [1.807, 2.05) is 0 Å². The lowest BCUT2D eigenvalue weighted by Gasteiger charge is -2.35. The number of fused-ring (bicyclic) bond motifs is 1. The molecule has 1 heterocycles. The van der Waals surface area contributed by atoms with Crippen LogP contribution in [-0.2, 0) is 0 Å². The van der Waals surface area contributed by atoms with Gasteiger partial charge in [0.1, 0.15) is 0 Å². The summed E-state index contributed by atoms with van der Waals surface area (Å²) in [5, 5.41) is 3.48. The molecule has 64 valence electrons. The molecule has 0 saturated heterocycles. The van der Waals surface area contributed by atoms with Crippen LogP contribution in [-0.4, -0.2) is 12.1 Å². The minimum atomic E-state index is 0.162. The van der Waals surface area contributed by atoms with Crippen LogP contribution in [0.2, 0.25) is 0 Å². The van der Waals surface area contributed by atoms with E-state index in [0.717, 1.165) is 13.0 Å². The van der Waals surface area contributed by atoms with E-state index < -0.39 is 0 Å². The highest BCUT2D eigenvalue weighted by atomic mass is 15.0. The van der Waals surface area contributed by atoms with Crippen molar-refractivity contribution in [3.63, 3.8) is 0 Å². The zero-order chi connectivity index (χ0) is 8.60. The van der Waals surface area contributed by atoms with Crippen LogP contribution in [0.1, 0.15) is 20.3 Å². The second-order valence-corrected chi connectivity index (χ2v) is 3.92. The molecule has 0 spiro atoms. The lowest BCUT2D eigenvalue weighted by Crippen LogP contribution is -2.44. The number of nitrogens with one attached hydrogen (secondary N) is 1. The minimum Gasteiger partial charge on any atom is -0.304 e. The van der Waals surface area contributed by atoms with Crippen LogP contribution in [0.5, 0.6) is 0 Å². The van der Waals surface area contributed by atoms with Crippen molar-refractivity contribution >= 4 is 0 Å². The van der Waals surface area contributed by atoms with E-state index in [2.05, 4.69) is 43.5 Å². The standard InChI is InChI=1S/C11H15N/c1-11(2)10-6-4-3-5-9(10)7-8-12-11/h3,5-7,12H,4,8H2,1-2H3. The monoisotopic (exact) mass is 161 g/mol. The summed E-state index contributed by atoms with van der Waals surface area (Å²) in [7, 11) is 0. The molecule has 0 atom stereocenters. The first-order valence-corrected chi connectivity index (χ1v) is 4.53. The van der Waals surface area contributed by atoms with Gasteiger partial charge < -0.3 is 5.32 Å². The maximum atomic E-state index is 3.48. The molecular weight excluding hydrogens is 146 g/mol. The lowest BCUT2D eigenvalue weighted by molar-refractivity contribution is 0.467. The first-order chi connectivity index (χ1) is 5.70. The van der Waals surface area contributed by atoms with Gasteiger partial charge in [0.2, 0.25) is 0 Å². The lowest BCUT2D eigenvalue weighted by atomic mass is 9.82. The molecule has 1 aliphatic carbocycles. The Morgan fingerprint density at radius 2 is 2.17 bits per heavy atom. The molecule has 1 N–H and O–H groups in total. The molecule has 0 unspecified atom stereocenters. The highest BCUT2D eigenvalue weighted by Gasteiger charge is 2.27. The normalized spacial score (nSPS) is 25.8. The van der Waals surface area contributed by atoms with Crippen molar-refractivity contribution < 1.29 is 0 Å². The Hall–Kier alpha value is -0.820. The molecule has 1 aliphatic heterocycles. The molecule has 12 heavy (non-hydrogen) atoms. The van der Waals surface area contributed by atoms with Gasteiger partial charge in [0, 0.05) is 12.1 Å².